The molecular formula is C13H20N2O2. The molecule has 1 amide bonds. The maximum Gasteiger partial charge on any atom is 0.226 e. The van der Waals surface area contributed by atoms with E-state index in [2.05, 4.69) is 5.32 Å². The van der Waals surface area contributed by atoms with Crippen molar-refractivity contribution in [2.24, 2.45) is 5.92 Å². The minimum Gasteiger partial charge on any atom is -0.497 e. The van der Waals surface area contributed by atoms with Crippen molar-refractivity contribution in [1.29, 1.82) is 0 Å². The topological polar surface area (TPSA) is 41.6 Å². The zero-order valence-electron chi connectivity index (χ0n) is 10.9. The second-order valence-corrected chi connectivity index (χ2v) is 4.24. The zero-order chi connectivity index (χ0) is 12.8. The highest BCUT2D eigenvalue weighted by Crippen LogP contribution is 2.15. The van der Waals surface area contributed by atoms with Gasteiger partial charge in [0.1, 0.15) is 5.75 Å². The molecule has 0 fully saturated rings. The summed E-state index contributed by atoms with van der Waals surface area (Å²) in [7, 11) is 5.18. The minimum atomic E-state index is -0.0351. The highest BCUT2D eigenvalue weighted by Gasteiger charge is 2.13. The lowest BCUT2D eigenvalue weighted by atomic mass is 10.1. The van der Waals surface area contributed by atoms with E-state index in [9.17, 15) is 4.79 Å². The molecule has 0 saturated heterocycles. The molecule has 0 aliphatic rings. The van der Waals surface area contributed by atoms with E-state index in [0.29, 0.717) is 6.54 Å². The monoisotopic (exact) mass is 236 g/mol. The van der Waals surface area contributed by atoms with Gasteiger partial charge in [-0.3, -0.25) is 4.79 Å². The minimum absolute atomic E-state index is 0.0351. The highest BCUT2D eigenvalue weighted by atomic mass is 16.5. The van der Waals surface area contributed by atoms with Gasteiger partial charge in [0.05, 0.1) is 13.0 Å². The maximum atomic E-state index is 11.6. The molecule has 0 saturated carbocycles. The Morgan fingerprint density at radius 2 is 1.94 bits per heavy atom. The Bertz CT molecular complexity index is 360. The molecule has 1 aromatic carbocycles. The standard InChI is InChI=1S/C13H20N2O2/c1-10(13(16)15(2)3)9-14-11-5-7-12(17-4)8-6-11/h5-8,10,14H,9H2,1-4H3/t10-/m0/s1. The Labute approximate surface area is 103 Å². The van der Waals surface area contributed by atoms with Crippen molar-refractivity contribution in [2.45, 2.75) is 6.92 Å². The van der Waals surface area contributed by atoms with Crippen LogP contribution in [0.5, 0.6) is 5.75 Å². The van der Waals surface area contributed by atoms with Gasteiger partial charge in [-0.05, 0) is 24.3 Å². The van der Waals surface area contributed by atoms with Gasteiger partial charge in [0.25, 0.3) is 0 Å². The number of hydrogen-bond acceptors (Lipinski definition) is 3. The number of amides is 1. The Balaban J connectivity index is 2.47. The van der Waals surface area contributed by atoms with Crippen LogP contribution in [0.3, 0.4) is 0 Å². The molecule has 0 radical (unpaired) electrons. The van der Waals surface area contributed by atoms with E-state index in [-0.39, 0.29) is 11.8 Å². The highest BCUT2D eigenvalue weighted by molar-refractivity contribution is 5.78. The van der Waals surface area contributed by atoms with Gasteiger partial charge in [0.15, 0.2) is 0 Å². The van der Waals surface area contributed by atoms with E-state index in [0.717, 1.165) is 11.4 Å². The molecule has 4 nitrogen and oxygen atoms in total. The summed E-state index contributed by atoms with van der Waals surface area (Å²) >= 11 is 0. The lowest BCUT2D eigenvalue weighted by Gasteiger charge is -2.17. The summed E-state index contributed by atoms with van der Waals surface area (Å²) in [5, 5.41) is 3.23. The average Bonchev–Trinajstić information content (AvgIpc) is 2.35. The molecule has 0 unspecified atom stereocenters. The van der Waals surface area contributed by atoms with Crippen LogP contribution in [0.2, 0.25) is 0 Å². The molecule has 1 atom stereocenters. The second-order valence-electron chi connectivity index (χ2n) is 4.24. The molecule has 0 spiro atoms. The number of carbonyl (C=O) groups is 1. The van der Waals surface area contributed by atoms with E-state index in [1.165, 1.54) is 0 Å². The lowest BCUT2D eigenvalue weighted by Crippen LogP contribution is -2.31. The molecular weight excluding hydrogens is 216 g/mol. The van der Waals surface area contributed by atoms with Crippen LogP contribution < -0.4 is 10.1 Å². The summed E-state index contributed by atoms with van der Waals surface area (Å²) in [6.45, 7) is 2.54. The number of methoxy groups -OCH3 is 1. The van der Waals surface area contributed by atoms with E-state index >= 15 is 0 Å². The predicted molar refractivity (Wildman–Crippen MR) is 69.3 cm³/mol. The van der Waals surface area contributed by atoms with Gasteiger partial charge in [-0.2, -0.15) is 0 Å². The van der Waals surface area contributed by atoms with Crippen LogP contribution in [-0.2, 0) is 4.79 Å². The van der Waals surface area contributed by atoms with E-state index in [4.69, 9.17) is 4.74 Å². The molecule has 1 aromatic rings. The SMILES string of the molecule is COc1ccc(NC[C@H](C)C(=O)N(C)C)cc1. The van der Waals surface area contributed by atoms with Crippen LogP contribution in [-0.4, -0.2) is 38.6 Å². The summed E-state index contributed by atoms with van der Waals surface area (Å²) in [4.78, 5) is 13.2. The molecule has 94 valence electrons. The maximum absolute atomic E-state index is 11.6. The van der Waals surface area contributed by atoms with Crippen molar-refractivity contribution in [3.05, 3.63) is 24.3 Å². The third-order valence-corrected chi connectivity index (χ3v) is 2.56. The fraction of sp³-hybridized carbons (Fsp3) is 0.462. The van der Waals surface area contributed by atoms with Gasteiger partial charge in [0.2, 0.25) is 5.91 Å². The zero-order valence-corrected chi connectivity index (χ0v) is 10.9. The lowest BCUT2D eigenvalue weighted by molar-refractivity contribution is -0.131. The fourth-order valence-corrected chi connectivity index (χ4v) is 1.51. The number of ether oxygens (including phenoxy) is 1. The Kier molecular flexibility index (Phi) is 4.82. The average molecular weight is 236 g/mol. The van der Waals surface area contributed by atoms with Gasteiger partial charge >= 0.3 is 0 Å². The number of benzene rings is 1. The smallest absolute Gasteiger partial charge is 0.226 e. The van der Waals surface area contributed by atoms with E-state index < -0.39 is 0 Å². The Hall–Kier alpha value is -1.71. The molecule has 1 N–H and O–H groups in total. The van der Waals surface area contributed by atoms with Crippen LogP contribution in [0.15, 0.2) is 24.3 Å². The molecule has 0 aromatic heterocycles. The number of rotatable bonds is 5. The van der Waals surface area contributed by atoms with Gasteiger partial charge < -0.3 is 15.0 Å². The summed E-state index contributed by atoms with van der Waals surface area (Å²) in [6.07, 6.45) is 0. The third kappa shape index (κ3) is 3.98. The predicted octanol–water partition coefficient (Wildman–Crippen LogP) is 1.83. The van der Waals surface area contributed by atoms with Gasteiger partial charge in [-0.1, -0.05) is 6.92 Å². The largest absolute Gasteiger partial charge is 0.497 e. The molecule has 0 aliphatic carbocycles. The van der Waals surface area contributed by atoms with Crippen LogP contribution in [0.1, 0.15) is 6.92 Å². The van der Waals surface area contributed by atoms with Crippen LogP contribution in [0.4, 0.5) is 5.69 Å². The van der Waals surface area contributed by atoms with Crippen LogP contribution >= 0.6 is 0 Å². The Morgan fingerprint density at radius 1 is 1.35 bits per heavy atom. The quantitative estimate of drug-likeness (QED) is 0.848. The van der Waals surface area contributed by atoms with Crippen molar-refractivity contribution in [1.82, 2.24) is 4.90 Å². The van der Waals surface area contributed by atoms with Crippen LogP contribution in [0.25, 0.3) is 0 Å². The van der Waals surface area contributed by atoms with E-state index in [1.54, 1.807) is 26.1 Å². The van der Waals surface area contributed by atoms with Crippen molar-refractivity contribution in [3.8, 4) is 5.75 Å². The summed E-state index contributed by atoms with van der Waals surface area (Å²) in [6, 6.07) is 7.65. The first-order valence-corrected chi connectivity index (χ1v) is 5.63. The van der Waals surface area contributed by atoms with Crippen molar-refractivity contribution >= 4 is 11.6 Å². The normalized spacial score (nSPS) is 11.8. The first-order chi connectivity index (χ1) is 8.04. The number of hydrogen-bond donors (Lipinski definition) is 1. The fourth-order valence-electron chi connectivity index (χ4n) is 1.51. The summed E-state index contributed by atoms with van der Waals surface area (Å²) < 4.78 is 5.08. The number of nitrogens with zero attached hydrogens (tertiary/aromatic N) is 1. The van der Waals surface area contributed by atoms with Crippen molar-refractivity contribution in [2.75, 3.05) is 33.1 Å². The second kappa shape index (κ2) is 6.13. The molecule has 17 heavy (non-hydrogen) atoms. The van der Waals surface area contributed by atoms with Crippen molar-refractivity contribution in [3.63, 3.8) is 0 Å². The number of anilines is 1. The first-order valence-electron chi connectivity index (χ1n) is 5.63. The van der Waals surface area contributed by atoms with Crippen LogP contribution in [0, 0.1) is 5.92 Å². The molecule has 1 rings (SSSR count). The van der Waals surface area contributed by atoms with Crippen molar-refractivity contribution < 1.29 is 9.53 Å². The van der Waals surface area contributed by atoms with Gasteiger partial charge in [0, 0.05) is 26.3 Å². The molecule has 0 aliphatic heterocycles. The number of carbonyl (C=O) groups excluding carboxylic acids is 1. The summed E-state index contributed by atoms with van der Waals surface area (Å²) in [5.41, 5.74) is 0.990. The van der Waals surface area contributed by atoms with Gasteiger partial charge in [-0.15, -0.1) is 0 Å². The molecule has 0 heterocycles. The molecule has 0 bridgehead atoms. The third-order valence-electron chi connectivity index (χ3n) is 2.56. The van der Waals surface area contributed by atoms with E-state index in [1.807, 2.05) is 31.2 Å². The summed E-state index contributed by atoms with van der Waals surface area (Å²) in [5.74, 6) is 0.922. The Morgan fingerprint density at radius 3 is 2.41 bits per heavy atom. The number of nitrogens with one attached hydrogen (secondary N) is 1. The van der Waals surface area contributed by atoms with Gasteiger partial charge in [-0.25, -0.2) is 0 Å². The molecule has 4 heteroatoms. The first kappa shape index (κ1) is 13.4.